The van der Waals surface area contributed by atoms with Crippen molar-refractivity contribution in [2.45, 2.75) is 6.54 Å². The van der Waals surface area contributed by atoms with E-state index in [0.717, 1.165) is 20.8 Å². The minimum absolute atomic E-state index is 0.306. The van der Waals surface area contributed by atoms with Gasteiger partial charge in [0.2, 0.25) is 0 Å². The summed E-state index contributed by atoms with van der Waals surface area (Å²) in [6.07, 6.45) is 2.82. The van der Waals surface area contributed by atoms with E-state index in [1.54, 1.807) is 37.4 Å². The van der Waals surface area contributed by atoms with Gasteiger partial charge in [-0.1, -0.05) is 24.3 Å². The van der Waals surface area contributed by atoms with E-state index in [-0.39, 0.29) is 12.5 Å². The fraction of sp³-hybridized carbons (Fsp3) is 0.143. The van der Waals surface area contributed by atoms with E-state index in [0.29, 0.717) is 12.1 Å². The number of para-hydroxylation sites is 1. The van der Waals surface area contributed by atoms with E-state index in [4.69, 9.17) is 10.00 Å². The first-order valence-corrected chi connectivity index (χ1v) is 9.30. The first-order valence-electron chi connectivity index (χ1n) is 8.48. The zero-order valence-corrected chi connectivity index (χ0v) is 16.0. The van der Waals surface area contributed by atoms with Crippen molar-refractivity contribution in [3.05, 3.63) is 70.7 Å². The lowest BCUT2D eigenvalue weighted by atomic mass is 10.1. The van der Waals surface area contributed by atoms with Crippen molar-refractivity contribution in [1.29, 1.82) is 5.26 Å². The molecule has 140 valence electrons. The number of hydrogen-bond donors (Lipinski definition) is 0. The molecule has 28 heavy (non-hydrogen) atoms. The highest BCUT2D eigenvalue weighted by molar-refractivity contribution is 7.18. The number of nitrogens with zero attached hydrogens (tertiary/aromatic N) is 3. The molecule has 0 aliphatic carbocycles. The maximum atomic E-state index is 12.2. The summed E-state index contributed by atoms with van der Waals surface area (Å²) < 4.78 is 6.07. The van der Waals surface area contributed by atoms with Crippen LogP contribution in [0.3, 0.4) is 0 Å². The monoisotopic (exact) mass is 391 g/mol. The van der Waals surface area contributed by atoms with Gasteiger partial charge in [-0.05, 0) is 35.9 Å². The van der Waals surface area contributed by atoms with E-state index < -0.39 is 5.97 Å². The predicted molar refractivity (Wildman–Crippen MR) is 107 cm³/mol. The molecule has 3 rings (SSSR count). The van der Waals surface area contributed by atoms with E-state index in [9.17, 15) is 9.59 Å². The number of ether oxygens (including phenoxy) is 1. The number of nitriles is 1. The van der Waals surface area contributed by atoms with Crippen LogP contribution in [0.25, 0.3) is 16.3 Å². The van der Waals surface area contributed by atoms with Crippen molar-refractivity contribution < 1.29 is 14.3 Å². The van der Waals surface area contributed by atoms with Crippen molar-refractivity contribution >= 4 is 39.5 Å². The van der Waals surface area contributed by atoms with E-state index >= 15 is 0 Å². The molecule has 1 aromatic heterocycles. The van der Waals surface area contributed by atoms with Crippen LogP contribution in [0.4, 0.5) is 0 Å². The van der Waals surface area contributed by atoms with E-state index in [1.807, 2.05) is 30.3 Å². The third-order valence-corrected chi connectivity index (χ3v) is 4.95. The first-order chi connectivity index (χ1) is 13.5. The molecule has 0 atom stereocenters. The number of hydrogen-bond acceptors (Lipinski definition) is 6. The predicted octanol–water partition coefficient (Wildman–Crippen LogP) is 3.38. The molecule has 0 saturated carbocycles. The zero-order chi connectivity index (χ0) is 19.9. The molecular weight excluding hydrogens is 374 g/mol. The summed E-state index contributed by atoms with van der Waals surface area (Å²) in [4.78, 5) is 30.0. The largest absolute Gasteiger partial charge is 0.452 e. The Hall–Kier alpha value is -3.50. The van der Waals surface area contributed by atoms with Crippen LogP contribution in [0, 0.1) is 11.3 Å². The standard InChI is InChI=1S/C21H17N3O3S/c1-24(13-19-23-17-4-2-3-5-18(17)28-19)20(25)14-27-21(26)11-10-15-6-8-16(12-22)9-7-15/h2-11H,13-14H2,1H3/b11-10+. The molecule has 0 fully saturated rings. The lowest BCUT2D eigenvalue weighted by Gasteiger charge is -2.15. The average molecular weight is 391 g/mol. The number of amides is 1. The summed E-state index contributed by atoms with van der Waals surface area (Å²) in [6, 6.07) is 16.6. The smallest absolute Gasteiger partial charge is 0.331 e. The number of carbonyl (C=O) groups is 2. The summed E-state index contributed by atoms with van der Waals surface area (Å²) in [5, 5.41) is 9.59. The molecule has 0 aliphatic rings. The second kappa shape index (κ2) is 8.93. The quantitative estimate of drug-likeness (QED) is 0.475. The van der Waals surface area contributed by atoms with Gasteiger partial charge in [0.1, 0.15) is 5.01 Å². The SMILES string of the molecule is CN(Cc1nc2ccccc2s1)C(=O)COC(=O)/C=C/c1ccc(C#N)cc1. The van der Waals surface area contributed by atoms with Crippen LogP contribution in [-0.4, -0.2) is 35.4 Å². The molecule has 0 unspecified atom stereocenters. The zero-order valence-electron chi connectivity index (χ0n) is 15.2. The minimum Gasteiger partial charge on any atom is -0.452 e. The van der Waals surface area contributed by atoms with Crippen LogP contribution < -0.4 is 0 Å². The summed E-state index contributed by atoms with van der Waals surface area (Å²) in [5.41, 5.74) is 2.21. The lowest BCUT2D eigenvalue weighted by Crippen LogP contribution is -2.30. The number of fused-ring (bicyclic) bond motifs is 1. The maximum absolute atomic E-state index is 12.2. The van der Waals surface area contributed by atoms with Gasteiger partial charge < -0.3 is 9.64 Å². The Kier molecular flexibility index (Phi) is 6.14. The first kappa shape index (κ1) is 19.3. The van der Waals surface area contributed by atoms with Gasteiger partial charge in [0, 0.05) is 13.1 Å². The third kappa shape index (κ3) is 5.02. The molecule has 3 aromatic rings. The number of rotatable bonds is 6. The Morgan fingerprint density at radius 2 is 1.96 bits per heavy atom. The fourth-order valence-corrected chi connectivity index (χ4v) is 3.42. The molecule has 0 N–H and O–H groups in total. The maximum Gasteiger partial charge on any atom is 0.331 e. The van der Waals surface area contributed by atoms with Crippen LogP contribution >= 0.6 is 11.3 Å². The number of esters is 1. The van der Waals surface area contributed by atoms with Gasteiger partial charge in [-0.2, -0.15) is 5.26 Å². The molecule has 6 nitrogen and oxygen atoms in total. The molecule has 0 aliphatic heterocycles. The van der Waals surface area contributed by atoms with Crippen molar-refractivity contribution in [2.75, 3.05) is 13.7 Å². The Bertz CT molecular complexity index is 1030. The van der Waals surface area contributed by atoms with Crippen molar-refractivity contribution in [3.63, 3.8) is 0 Å². The molecule has 0 spiro atoms. The van der Waals surface area contributed by atoms with Crippen LogP contribution in [-0.2, 0) is 20.9 Å². The summed E-state index contributed by atoms with van der Waals surface area (Å²) >= 11 is 1.53. The van der Waals surface area contributed by atoms with Crippen molar-refractivity contribution in [3.8, 4) is 6.07 Å². The van der Waals surface area contributed by atoms with Gasteiger partial charge in [0.15, 0.2) is 6.61 Å². The molecule has 1 amide bonds. The summed E-state index contributed by atoms with van der Waals surface area (Å²) in [5.74, 6) is -0.912. The molecule has 2 aromatic carbocycles. The fourth-order valence-electron chi connectivity index (χ4n) is 2.40. The lowest BCUT2D eigenvalue weighted by molar-refractivity contribution is -0.147. The molecular formula is C21H17N3O3S. The van der Waals surface area contributed by atoms with Crippen molar-refractivity contribution in [2.24, 2.45) is 0 Å². The number of benzene rings is 2. The Balaban J connectivity index is 1.48. The van der Waals surface area contributed by atoms with E-state index in [1.165, 1.54) is 22.3 Å². The normalized spacial score (nSPS) is 10.7. The Morgan fingerprint density at radius 3 is 2.68 bits per heavy atom. The molecule has 0 saturated heterocycles. The van der Waals surface area contributed by atoms with Crippen molar-refractivity contribution in [1.82, 2.24) is 9.88 Å². The average Bonchev–Trinajstić information content (AvgIpc) is 3.13. The van der Waals surface area contributed by atoms with Crippen LogP contribution in [0.2, 0.25) is 0 Å². The van der Waals surface area contributed by atoms with Gasteiger partial charge in [-0.25, -0.2) is 9.78 Å². The van der Waals surface area contributed by atoms with Gasteiger partial charge >= 0.3 is 5.97 Å². The number of carbonyl (C=O) groups excluding carboxylic acids is 2. The Labute approximate surface area is 166 Å². The highest BCUT2D eigenvalue weighted by Crippen LogP contribution is 2.22. The summed E-state index contributed by atoms with van der Waals surface area (Å²) in [6.45, 7) is 0.0226. The minimum atomic E-state index is -0.605. The molecule has 0 bridgehead atoms. The highest BCUT2D eigenvalue weighted by atomic mass is 32.1. The number of thiazole rings is 1. The van der Waals surface area contributed by atoms with E-state index in [2.05, 4.69) is 4.98 Å². The third-order valence-electron chi connectivity index (χ3n) is 3.93. The van der Waals surface area contributed by atoms with Gasteiger partial charge in [0.25, 0.3) is 5.91 Å². The number of likely N-dealkylation sites (N-methyl/N-ethyl adjacent to an activating group) is 1. The van der Waals surface area contributed by atoms with Crippen LogP contribution in [0.15, 0.2) is 54.6 Å². The van der Waals surface area contributed by atoms with Gasteiger partial charge in [-0.15, -0.1) is 11.3 Å². The van der Waals surface area contributed by atoms with Gasteiger partial charge in [0.05, 0.1) is 28.4 Å². The van der Waals surface area contributed by atoms with Gasteiger partial charge in [-0.3, -0.25) is 4.79 Å². The second-order valence-electron chi connectivity index (χ2n) is 6.00. The molecule has 1 heterocycles. The second-order valence-corrected chi connectivity index (χ2v) is 7.12. The summed E-state index contributed by atoms with van der Waals surface area (Å²) in [7, 11) is 1.65. The molecule has 0 radical (unpaired) electrons. The topological polar surface area (TPSA) is 83.3 Å². The Morgan fingerprint density at radius 1 is 1.21 bits per heavy atom. The number of aromatic nitrogens is 1. The van der Waals surface area contributed by atoms with Crippen LogP contribution in [0.1, 0.15) is 16.1 Å². The molecule has 7 heteroatoms. The highest BCUT2D eigenvalue weighted by Gasteiger charge is 2.13. The van der Waals surface area contributed by atoms with Crippen LogP contribution in [0.5, 0.6) is 0 Å².